The van der Waals surface area contributed by atoms with E-state index in [-0.39, 0.29) is 5.91 Å². The molecule has 20 heavy (non-hydrogen) atoms. The van der Waals surface area contributed by atoms with Crippen LogP contribution in [-0.2, 0) is 14.1 Å². The molecule has 1 heterocycles. The Morgan fingerprint density at radius 1 is 1.15 bits per heavy atom. The Morgan fingerprint density at radius 3 is 2.20 bits per heavy atom. The van der Waals surface area contributed by atoms with Crippen molar-refractivity contribution in [3.63, 3.8) is 0 Å². The Labute approximate surface area is 118 Å². The predicted molar refractivity (Wildman–Crippen MR) is 76.4 cm³/mol. The van der Waals surface area contributed by atoms with E-state index in [2.05, 4.69) is 5.32 Å². The average molecular weight is 279 g/mol. The van der Waals surface area contributed by atoms with E-state index in [0.717, 1.165) is 0 Å². The molecule has 0 aliphatic carbocycles. The van der Waals surface area contributed by atoms with Crippen molar-refractivity contribution < 1.29 is 18.5 Å². The van der Waals surface area contributed by atoms with Crippen molar-refractivity contribution in [2.75, 3.05) is 5.32 Å². The quantitative estimate of drug-likeness (QED) is 0.843. The first-order chi connectivity index (χ1) is 9.10. The topological polar surface area (TPSA) is 47.6 Å². The number of carbonyl (C=O) groups excluding carboxylic acids is 1. The maximum atomic E-state index is 13.7. The first kappa shape index (κ1) is 15.0. The molecule has 6 heteroatoms. The third-order valence-electron chi connectivity index (χ3n) is 3.77. The van der Waals surface area contributed by atoms with Crippen molar-refractivity contribution in [2.24, 2.45) is 0 Å². The van der Waals surface area contributed by atoms with E-state index in [1.165, 1.54) is 19.1 Å². The lowest BCUT2D eigenvalue weighted by Gasteiger charge is -2.32. The fourth-order valence-corrected chi connectivity index (χ4v) is 2.00. The second-order valence-corrected chi connectivity index (χ2v) is 6.04. The number of anilines is 1. The van der Waals surface area contributed by atoms with E-state index in [1.54, 1.807) is 6.07 Å². The fraction of sp³-hybridized carbons (Fsp3) is 0.500. The number of nitrogens with one attached hydrogen (secondary N) is 1. The molecule has 4 nitrogen and oxygen atoms in total. The van der Waals surface area contributed by atoms with E-state index in [0.29, 0.717) is 11.2 Å². The van der Waals surface area contributed by atoms with Gasteiger partial charge in [-0.25, -0.2) is 4.39 Å². The zero-order valence-corrected chi connectivity index (χ0v) is 12.4. The summed E-state index contributed by atoms with van der Waals surface area (Å²) in [6.45, 7) is 9.10. The maximum Gasteiger partial charge on any atom is 0.495 e. The van der Waals surface area contributed by atoms with Crippen molar-refractivity contribution in [3.8, 4) is 0 Å². The molecule has 2 rings (SSSR count). The molecule has 0 radical (unpaired) electrons. The Kier molecular flexibility index (Phi) is 3.65. The minimum atomic E-state index is -0.650. The first-order valence-electron chi connectivity index (χ1n) is 6.54. The highest BCUT2D eigenvalue weighted by Gasteiger charge is 2.51. The van der Waals surface area contributed by atoms with Crippen LogP contribution in [0.2, 0.25) is 0 Å². The zero-order valence-electron chi connectivity index (χ0n) is 12.4. The summed E-state index contributed by atoms with van der Waals surface area (Å²) in [6.07, 6.45) is 0. The van der Waals surface area contributed by atoms with Crippen molar-refractivity contribution in [1.82, 2.24) is 0 Å². The number of carbonyl (C=O) groups is 1. The minimum Gasteiger partial charge on any atom is -0.399 e. The van der Waals surface area contributed by atoms with Gasteiger partial charge in [0.05, 0.1) is 11.2 Å². The van der Waals surface area contributed by atoms with E-state index in [4.69, 9.17) is 9.31 Å². The van der Waals surface area contributed by atoms with Crippen LogP contribution in [0, 0.1) is 5.82 Å². The number of rotatable bonds is 2. The highest BCUT2D eigenvalue weighted by molar-refractivity contribution is 6.62. The van der Waals surface area contributed by atoms with Gasteiger partial charge in [0, 0.05) is 12.6 Å². The number of benzene rings is 1. The lowest BCUT2D eigenvalue weighted by atomic mass is 9.79. The van der Waals surface area contributed by atoms with Gasteiger partial charge >= 0.3 is 7.12 Å². The van der Waals surface area contributed by atoms with Crippen LogP contribution < -0.4 is 10.8 Å². The molecule has 0 aromatic heterocycles. The van der Waals surface area contributed by atoms with Gasteiger partial charge in [0.2, 0.25) is 5.91 Å². The molecule has 0 saturated carbocycles. The van der Waals surface area contributed by atoms with E-state index in [1.807, 2.05) is 27.7 Å². The van der Waals surface area contributed by atoms with Crippen LogP contribution in [0.5, 0.6) is 0 Å². The molecule has 0 bridgehead atoms. The Morgan fingerprint density at radius 2 is 1.70 bits per heavy atom. The van der Waals surface area contributed by atoms with Gasteiger partial charge < -0.3 is 14.6 Å². The molecular weight excluding hydrogens is 260 g/mol. The molecule has 1 amide bonds. The summed E-state index contributed by atoms with van der Waals surface area (Å²) in [5.74, 6) is -0.698. The third kappa shape index (κ3) is 2.86. The van der Waals surface area contributed by atoms with Crippen molar-refractivity contribution >= 4 is 24.2 Å². The smallest absolute Gasteiger partial charge is 0.399 e. The number of hydrogen-bond acceptors (Lipinski definition) is 3. The van der Waals surface area contributed by atoms with Crippen LogP contribution in [-0.4, -0.2) is 24.2 Å². The lowest BCUT2D eigenvalue weighted by Crippen LogP contribution is -2.41. The summed E-state index contributed by atoms with van der Waals surface area (Å²) in [7, 11) is -0.650. The van der Waals surface area contributed by atoms with E-state index in [9.17, 15) is 9.18 Å². The highest BCUT2D eigenvalue weighted by atomic mass is 19.1. The van der Waals surface area contributed by atoms with Crippen molar-refractivity contribution in [2.45, 2.75) is 45.8 Å². The normalized spacial score (nSPS) is 20.0. The second kappa shape index (κ2) is 4.86. The van der Waals surface area contributed by atoms with Crippen LogP contribution in [0.15, 0.2) is 18.2 Å². The summed E-state index contributed by atoms with van der Waals surface area (Å²) >= 11 is 0. The average Bonchev–Trinajstić information content (AvgIpc) is 2.46. The molecule has 1 N–H and O–H groups in total. The minimum absolute atomic E-state index is 0.254. The highest BCUT2D eigenvalue weighted by Crippen LogP contribution is 2.36. The summed E-state index contributed by atoms with van der Waals surface area (Å²) in [5.41, 5.74) is -0.0364. The predicted octanol–water partition coefficient (Wildman–Crippen LogP) is 2.08. The molecule has 1 aromatic rings. The summed E-state index contributed by atoms with van der Waals surface area (Å²) < 4.78 is 25.4. The van der Waals surface area contributed by atoms with Gasteiger partial charge in [0.1, 0.15) is 5.82 Å². The number of amides is 1. The Hall–Kier alpha value is -1.40. The van der Waals surface area contributed by atoms with Gasteiger partial charge in [-0.3, -0.25) is 4.79 Å². The SMILES string of the molecule is CC(=O)Nc1cc(F)cc(B2OC(C)(C)C(C)(C)O2)c1. The van der Waals surface area contributed by atoms with Crippen molar-refractivity contribution in [3.05, 3.63) is 24.0 Å². The van der Waals surface area contributed by atoms with Crippen LogP contribution in [0.3, 0.4) is 0 Å². The standard InChI is InChI=1S/C14H19BFNO3/c1-9(18)17-12-7-10(6-11(16)8-12)15-19-13(2,3)14(4,5)20-15/h6-8H,1-5H3,(H,17,18). The largest absolute Gasteiger partial charge is 0.495 e. The van der Waals surface area contributed by atoms with Gasteiger partial charge in [-0.05, 0) is 51.4 Å². The molecule has 0 atom stereocenters. The monoisotopic (exact) mass is 279 g/mol. The van der Waals surface area contributed by atoms with Gasteiger partial charge in [0.25, 0.3) is 0 Å². The summed E-state index contributed by atoms with van der Waals surface area (Å²) in [6, 6.07) is 4.27. The molecule has 1 saturated heterocycles. The number of halogens is 1. The first-order valence-corrected chi connectivity index (χ1v) is 6.54. The second-order valence-electron chi connectivity index (χ2n) is 6.04. The molecule has 1 aliphatic rings. The maximum absolute atomic E-state index is 13.7. The van der Waals surface area contributed by atoms with Crippen LogP contribution in [0.1, 0.15) is 34.6 Å². The van der Waals surface area contributed by atoms with Crippen LogP contribution >= 0.6 is 0 Å². The molecule has 1 fully saturated rings. The molecule has 0 spiro atoms. The van der Waals surface area contributed by atoms with Crippen molar-refractivity contribution in [1.29, 1.82) is 0 Å². The van der Waals surface area contributed by atoms with E-state index < -0.39 is 24.1 Å². The van der Waals surface area contributed by atoms with E-state index >= 15 is 0 Å². The summed E-state index contributed by atoms with van der Waals surface area (Å²) in [5, 5.41) is 2.56. The molecule has 1 aromatic carbocycles. The molecule has 0 unspecified atom stereocenters. The van der Waals surface area contributed by atoms with Gasteiger partial charge in [-0.15, -0.1) is 0 Å². The number of hydrogen-bond donors (Lipinski definition) is 1. The van der Waals surface area contributed by atoms with Gasteiger partial charge in [-0.1, -0.05) is 0 Å². The Bertz CT molecular complexity index is 529. The molecule has 108 valence electrons. The van der Waals surface area contributed by atoms with Gasteiger partial charge in [0.15, 0.2) is 0 Å². The zero-order chi connectivity index (χ0) is 15.1. The third-order valence-corrected chi connectivity index (χ3v) is 3.77. The molecule has 1 aliphatic heterocycles. The van der Waals surface area contributed by atoms with Gasteiger partial charge in [-0.2, -0.15) is 0 Å². The Balaban J connectivity index is 2.30. The lowest BCUT2D eigenvalue weighted by molar-refractivity contribution is -0.114. The summed E-state index contributed by atoms with van der Waals surface area (Å²) in [4.78, 5) is 11.1. The van der Waals surface area contributed by atoms with Crippen LogP contribution in [0.4, 0.5) is 10.1 Å². The molecular formula is C14H19BFNO3. The fourth-order valence-electron chi connectivity index (χ4n) is 2.00. The van der Waals surface area contributed by atoms with Crippen LogP contribution in [0.25, 0.3) is 0 Å².